The van der Waals surface area contributed by atoms with Crippen LogP contribution in [-0.4, -0.2) is 0 Å². The van der Waals surface area contributed by atoms with Crippen LogP contribution in [0.1, 0.15) is 0 Å². The van der Waals surface area contributed by atoms with Crippen molar-refractivity contribution in [2.45, 2.75) is 0 Å². The Morgan fingerprint density at radius 2 is 0.604 bits per heavy atom. The standard InChI is InChI=1S/C48H30/c1-3-17-38-31(11-1)13-8-21-40(38)36-28-35(29-37(30-36)41-22-9-14-32-12-2-4-18-39(32)41)33-15-7-16-34(27-33)42-25-26-47-44-20-6-5-19-43(44)46-24-10-23-45(42)48(46)47/h1-30H. The van der Waals surface area contributed by atoms with Crippen LogP contribution in [0, 0.1) is 0 Å². The van der Waals surface area contributed by atoms with Gasteiger partial charge in [0, 0.05) is 0 Å². The summed E-state index contributed by atoms with van der Waals surface area (Å²) in [6.07, 6.45) is 0. The molecule has 1 aliphatic carbocycles. The van der Waals surface area contributed by atoms with Gasteiger partial charge in [0.25, 0.3) is 0 Å². The quantitative estimate of drug-likeness (QED) is 0.187. The molecule has 1 aliphatic rings. The maximum Gasteiger partial charge on any atom is -0.00201 e. The van der Waals surface area contributed by atoms with Gasteiger partial charge < -0.3 is 0 Å². The third-order valence-corrected chi connectivity index (χ3v) is 10.2. The highest BCUT2D eigenvalue weighted by Crippen LogP contribution is 2.49. The predicted molar refractivity (Wildman–Crippen MR) is 205 cm³/mol. The van der Waals surface area contributed by atoms with Crippen LogP contribution in [0.15, 0.2) is 182 Å². The molecule has 9 aromatic rings. The van der Waals surface area contributed by atoms with Crippen molar-refractivity contribution in [1.29, 1.82) is 0 Å². The van der Waals surface area contributed by atoms with E-state index in [1.165, 1.54) is 99.1 Å². The summed E-state index contributed by atoms with van der Waals surface area (Å²) in [5.41, 5.74) is 15.2. The van der Waals surface area contributed by atoms with Crippen molar-refractivity contribution in [3.8, 4) is 66.8 Å². The van der Waals surface area contributed by atoms with Crippen molar-refractivity contribution >= 4 is 32.3 Å². The molecule has 0 heteroatoms. The van der Waals surface area contributed by atoms with Gasteiger partial charge in [-0.3, -0.25) is 0 Å². The summed E-state index contributed by atoms with van der Waals surface area (Å²) in [5.74, 6) is 0. The van der Waals surface area contributed by atoms with Crippen LogP contribution in [0.2, 0.25) is 0 Å². The molecular weight excluding hydrogens is 577 g/mol. The molecule has 0 heterocycles. The van der Waals surface area contributed by atoms with Crippen LogP contribution < -0.4 is 0 Å². The Balaban J connectivity index is 1.18. The van der Waals surface area contributed by atoms with Crippen molar-refractivity contribution in [3.63, 3.8) is 0 Å². The van der Waals surface area contributed by atoms with Gasteiger partial charge in [0.15, 0.2) is 0 Å². The zero-order valence-electron chi connectivity index (χ0n) is 26.3. The van der Waals surface area contributed by atoms with Gasteiger partial charge in [-0.1, -0.05) is 158 Å². The van der Waals surface area contributed by atoms with E-state index >= 15 is 0 Å². The van der Waals surface area contributed by atoms with Gasteiger partial charge in [0.1, 0.15) is 0 Å². The zero-order chi connectivity index (χ0) is 31.6. The number of rotatable bonds is 4. The first-order valence-electron chi connectivity index (χ1n) is 16.7. The van der Waals surface area contributed by atoms with Gasteiger partial charge in [-0.2, -0.15) is 0 Å². The van der Waals surface area contributed by atoms with E-state index in [1.54, 1.807) is 0 Å². The second-order valence-electron chi connectivity index (χ2n) is 12.9. The number of hydrogen-bond acceptors (Lipinski definition) is 0. The Morgan fingerprint density at radius 3 is 1.29 bits per heavy atom. The Morgan fingerprint density at radius 1 is 0.208 bits per heavy atom. The summed E-state index contributed by atoms with van der Waals surface area (Å²) in [5, 5.41) is 7.70. The first-order valence-corrected chi connectivity index (χ1v) is 16.7. The fourth-order valence-corrected chi connectivity index (χ4v) is 7.99. The van der Waals surface area contributed by atoms with Crippen LogP contribution in [0.4, 0.5) is 0 Å². The smallest absolute Gasteiger partial charge is 0.00201 e. The summed E-state index contributed by atoms with van der Waals surface area (Å²) in [6, 6.07) is 67.1. The van der Waals surface area contributed by atoms with Crippen molar-refractivity contribution in [2.75, 3.05) is 0 Å². The van der Waals surface area contributed by atoms with Gasteiger partial charge in [0.05, 0.1) is 0 Å². The number of hydrogen-bond donors (Lipinski definition) is 0. The molecule has 48 heavy (non-hydrogen) atoms. The lowest BCUT2D eigenvalue weighted by atomic mass is 9.88. The Bertz CT molecular complexity index is 2590. The molecule has 0 fully saturated rings. The highest BCUT2D eigenvalue weighted by atomic mass is 14.3. The second-order valence-corrected chi connectivity index (χ2v) is 12.9. The maximum absolute atomic E-state index is 2.38. The third kappa shape index (κ3) is 4.16. The Hall–Kier alpha value is -6.24. The van der Waals surface area contributed by atoms with E-state index in [-0.39, 0.29) is 0 Å². The van der Waals surface area contributed by atoms with E-state index in [0.29, 0.717) is 0 Å². The molecule has 0 N–H and O–H groups in total. The highest BCUT2D eigenvalue weighted by molar-refractivity contribution is 6.18. The van der Waals surface area contributed by atoms with Crippen LogP contribution in [0.25, 0.3) is 99.1 Å². The molecule has 0 amide bonds. The minimum Gasteiger partial charge on any atom is -0.0616 e. The lowest BCUT2D eigenvalue weighted by Gasteiger charge is -2.15. The zero-order valence-corrected chi connectivity index (χ0v) is 26.3. The summed E-state index contributed by atoms with van der Waals surface area (Å²) in [4.78, 5) is 0. The molecule has 9 aromatic carbocycles. The lowest BCUT2D eigenvalue weighted by molar-refractivity contribution is 1.58. The maximum atomic E-state index is 2.38. The SMILES string of the molecule is c1cc(-c2cc(-c3cccc4ccccc34)cc(-c3cccc4ccccc34)c2)cc(-c2ccc3c4c(cccc24)-c2ccccc2-3)c1. The molecule has 0 aliphatic heterocycles. The molecule has 0 unspecified atom stereocenters. The minimum atomic E-state index is 1.21. The monoisotopic (exact) mass is 606 g/mol. The summed E-state index contributed by atoms with van der Waals surface area (Å²) < 4.78 is 0. The average molecular weight is 607 g/mol. The Labute approximate surface area is 280 Å². The van der Waals surface area contributed by atoms with E-state index in [9.17, 15) is 0 Å². The minimum absolute atomic E-state index is 1.21. The first-order chi connectivity index (χ1) is 23.8. The largest absolute Gasteiger partial charge is 0.0616 e. The van der Waals surface area contributed by atoms with Gasteiger partial charge >= 0.3 is 0 Å². The molecular formula is C48H30. The molecule has 0 radical (unpaired) electrons. The molecule has 0 bridgehead atoms. The summed E-state index contributed by atoms with van der Waals surface area (Å²) in [6.45, 7) is 0. The van der Waals surface area contributed by atoms with Crippen LogP contribution in [0.5, 0.6) is 0 Å². The number of benzene rings is 9. The van der Waals surface area contributed by atoms with Crippen molar-refractivity contribution in [1.82, 2.24) is 0 Å². The fraction of sp³-hybridized carbons (Fsp3) is 0. The molecule has 0 nitrogen and oxygen atoms in total. The van der Waals surface area contributed by atoms with Crippen LogP contribution >= 0.6 is 0 Å². The van der Waals surface area contributed by atoms with Crippen molar-refractivity contribution < 1.29 is 0 Å². The van der Waals surface area contributed by atoms with Crippen LogP contribution in [0.3, 0.4) is 0 Å². The molecule has 0 saturated heterocycles. The van der Waals surface area contributed by atoms with Gasteiger partial charge in [-0.15, -0.1) is 0 Å². The highest BCUT2D eigenvalue weighted by Gasteiger charge is 2.22. The molecule has 0 atom stereocenters. The fourth-order valence-electron chi connectivity index (χ4n) is 7.99. The third-order valence-electron chi connectivity index (χ3n) is 10.2. The van der Waals surface area contributed by atoms with E-state index in [1.807, 2.05) is 0 Å². The lowest BCUT2D eigenvalue weighted by Crippen LogP contribution is -1.89. The van der Waals surface area contributed by atoms with Gasteiger partial charge in [-0.05, 0) is 123 Å². The van der Waals surface area contributed by atoms with Crippen LogP contribution in [-0.2, 0) is 0 Å². The summed E-state index contributed by atoms with van der Waals surface area (Å²) >= 11 is 0. The topological polar surface area (TPSA) is 0 Å². The molecule has 0 aromatic heterocycles. The van der Waals surface area contributed by atoms with E-state index in [2.05, 4.69) is 182 Å². The average Bonchev–Trinajstić information content (AvgIpc) is 3.49. The molecule has 0 saturated carbocycles. The van der Waals surface area contributed by atoms with Crippen molar-refractivity contribution in [3.05, 3.63) is 182 Å². The molecule has 222 valence electrons. The van der Waals surface area contributed by atoms with Gasteiger partial charge in [0.2, 0.25) is 0 Å². The summed E-state index contributed by atoms with van der Waals surface area (Å²) in [7, 11) is 0. The number of fused-ring (bicyclic) bond motifs is 5. The van der Waals surface area contributed by atoms with Gasteiger partial charge in [-0.25, -0.2) is 0 Å². The molecule has 10 rings (SSSR count). The van der Waals surface area contributed by atoms with E-state index in [0.717, 1.165) is 0 Å². The predicted octanol–water partition coefficient (Wildman–Crippen LogP) is 13.5. The normalized spacial score (nSPS) is 11.8. The van der Waals surface area contributed by atoms with E-state index in [4.69, 9.17) is 0 Å². The van der Waals surface area contributed by atoms with Crippen molar-refractivity contribution in [2.24, 2.45) is 0 Å². The van der Waals surface area contributed by atoms with E-state index < -0.39 is 0 Å². The first kappa shape index (κ1) is 26.9. The Kier molecular flexibility index (Phi) is 5.98. The second kappa shape index (κ2) is 10.7. The molecule has 0 spiro atoms.